The van der Waals surface area contributed by atoms with Gasteiger partial charge in [0, 0.05) is 0 Å². The van der Waals surface area contributed by atoms with Crippen molar-refractivity contribution in [2.24, 2.45) is 5.73 Å². The molecule has 0 rings (SSSR count). The van der Waals surface area contributed by atoms with Crippen molar-refractivity contribution in [2.75, 3.05) is 0 Å². The Hall–Kier alpha value is -0.780. The number of allylic oxidation sites excluding steroid dienone is 1. The third-order valence-corrected chi connectivity index (χ3v) is 0.811. The van der Waals surface area contributed by atoms with Gasteiger partial charge in [0.05, 0.1) is 6.42 Å². The Morgan fingerprint density at radius 2 is 2.09 bits per heavy atom. The molecular formula is C5H7F3N2S. The number of hydrogen-bond acceptors (Lipinski definition) is 1. The highest BCUT2D eigenvalue weighted by Crippen LogP contribution is 2.19. The predicted molar refractivity (Wildman–Crippen MR) is 39.7 cm³/mol. The van der Waals surface area contributed by atoms with Crippen molar-refractivity contribution in [3.05, 3.63) is 12.3 Å². The zero-order valence-electron chi connectivity index (χ0n) is 5.48. The minimum Gasteiger partial charge on any atom is -0.376 e. The number of alkyl halides is 3. The summed E-state index contributed by atoms with van der Waals surface area (Å²) in [5, 5.41) is 2.19. The lowest BCUT2D eigenvalue weighted by molar-refractivity contribution is -0.125. The maximum absolute atomic E-state index is 11.4. The van der Waals surface area contributed by atoms with E-state index in [1.165, 1.54) is 0 Å². The summed E-state index contributed by atoms with van der Waals surface area (Å²) in [4.78, 5) is 0. The molecule has 3 N–H and O–H groups in total. The van der Waals surface area contributed by atoms with Gasteiger partial charge in [0.25, 0.3) is 0 Å². The third-order valence-electron chi connectivity index (χ3n) is 0.693. The minimum atomic E-state index is -4.17. The highest BCUT2D eigenvalue weighted by molar-refractivity contribution is 7.80. The Labute approximate surface area is 67.3 Å². The second-order valence-corrected chi connectivity index (χ2v) is 2.17. The Kier molecular flexibility index (Phi) is 3.88. The largest absolute Gasteiger partial charge is 0.392 e. The molecule has 0 fully saturated rings. The molecule has 11 heavy (non-hydrogen) atoms. The van der Waals surface area contributed by atoms with E-state index in [9.17, 15) is 13.2 Å². The molecule has 0 aromatic rings. The smallest absolute Gasteiger partial charge is 0.376 e. The van der Waals surface area contributed by atoms with Crippen molar-refractivity contribution >= 4 is 17.3 Å². The third kappa shape index (κ3) is 9.22. The second kappa shape index (κ2) is 4.17. The fraction of sp³-hybridized carbons (Fsp3) is 0.400. The van der Waals surface area contributed by atoms with Gasteiger partial charge in [0.2, 0.25) is 0 Å². The van der Waals surface area contributed by atoms with Crippen LogP contribution in [-0.4, -0.2) is 11.3 Å². The SMILES string of the molecule is NC(=S)NC=CCC(F)(F)F. The van der Waals surface area contributed by atoms with Crippen molar-refractivity contribution in [2.45, 2.75) is 12.6 Å². The fourth-order valence-electron chi connectivity index (χ4n) is 0.334. The lowest BCUT2D eigenvalue weighted by Gasteiger charge is -2.00. The van der Waals surface area contributed by atoms with Crippen LogP contribution in [0.1, 0.15) is 6.42 Å². The average Bonchev–Trinajstić information content (AvgIpc) is 1.78. The first-order chi connectivity index (χ1) is 4.92. The Morgan fingerprint density at radius 3 is 2.45 bits per heavy atom. The van der Waals surface area contributed by atoms with Crippen LogP contribution in [0, 0.1) is 0 Å². The van der Waals surface area contributed by atoms with Crippen molar-refractivity contribution < 1.29 is 13.2 Å². The van der Waals surface area contributed by atoms with Crippen LogP contribution < -0.4 is 11.1 Å². The van der Waals surface area contributed by atoms with E-state index in [0.717, 1.165) is 12.3 Å². The summed E-state index contributed by atoms with van der Waals surface area (Å²) in [6, 6.07) is 0. The molecule has 0 bridgehead atoms. The monoisotopic (exact) mass is 184 g/mol. The first-order valence-electron chi connectivity index (χ1n) is 2.69. The van der Waals surface area contributed by atoms with Gasteiger partial charge >= 0.3 is 6.18 Å². The van der Waals surface area contributed by atoms with Crippen molar-refractivity contribution in [1.82, 2.24) is 5.32 Å². The molecule has 0 radical (unpaired) electrons. The molecule has 0 aromatic heterocycles. The molecule has 0 saturated heterocycles. The van der Waals surface area contributed by atoms with E-state index in [2.05, 4.69) is 17.5 Å². The van der Waals surface area contributed by atoms with Crippen molar-refractivity contribution in [3.8, 4) is 0 Å². The first kappa shape index (κ1) is 10.2. The summed E-state index contributed by atoms with van der Waals surface area (Å²) in [5.74, 6) is 0. The van der Waals surface area contributed by atoms with Gasteiger partial charge in [-0.25, -0.2) is 0 Å². The van der Waals surface area contributed by atoms with Crippen LogP contribution in [0.2, 0.25) is 0 Å². The quantitative estimate of drug-likeness (QED) is 0.635. The van der Waals surface area contributed by atoms with Crippen LogP contribution in [0.25, 0.3) is 0 Å². The average molecular weight is 184 g/mol. The van der Waals surface area contributed by atoms with E-state index in [0.29, 0.717) is 0 Å². The minimum absolute atomic E-state index is 0.0524. The predicted octanol–water partition coefficient (Wildman–Crippen LogP) is 1.29. The Bertz CT molecular complexity index is 164. The number of nitrogens with two attached hydrogens (primary N) is 1. The van der Waals surface area contributed by atoms with Crippen LogP contribution in [0.15, 0.2) is 12.3 Å². The number of rotatable bonds is 2. The van der Waals surface area contributed by atoms with E-state index in [1.807, 2.05) is 0 Å². The fourth-order valence-corrected chi connectivity index (χ4v) is 0.402. The lowest BCUT2D eigenvalue weighted by Crippen LogP contribution is -2.23. The summed E-state index contributed by atoms with van der Waals surface area (Å²) >= 11 is 4.34. The lowest BCUT2D eigenvalue weighted by atomic mass is 10.4. The van der Waals surface area contributed by atoms with Crippen LogP contribution in [0.3, 0.4) is 0 Å². The molecule has 0 aromatic carbocycles. The molecule has 0 aliphatic carbocycles. The van der Waals surface area contributed by atoms with Gasteiger partial charge in [-0.3, -0.25) is 0 Å². The summed E-state index contributed by atoms with van der Waals surface area (Å²) < 4.78 is 34.3. The van der Waals surface area contributed by atoms with E-state index in [-0.39, 0.29) is 5.11 Å². The molecular weight excluding hydrogens is 177 g/mol. The molecule has 0 aliphatic heterocycles. The van der Waals surface area contributed by atoms with Gasteiger partial charge in [-0.05, 0) is 18.4 Å². The summed E-state index contributed by atoms with van der Waals surface area (Å²) in [6.07, 6.45) is -3.19. The van der Waals surface area contributed by atoms with Gasteiger partial charge < -0.3 is 11.1 Å². The molecule has 0 saturated carbocycles. The van der Waals surface area contributed by atoms with Crippen LogP contribution in [-0.2, 0) is 0 Å². The summed E-state index contributed by atoms with van der Waals surface area (Å²) in [7, 11) is 0. The van der Waals surface area contributed by atoms with Crippen molar-refractivity contribution in [1.29, 1.82) is 0 Å². The van der Waals surface area contributed by atoms with Gasteiger partial charge in [-0.15, -0.1) is 0 Å². The van der Waals surface area contributed by atoms with Crippen LogP contribution in [0.5, 0.6) is 0 Å². The molecule has 0 amide bonds. The Balaban J connectivity index is 3.53. The summed E-state index contributed by atoms with van der Waals surface area (Å²) in [5.41, 5.74) is 4.93. The topological polar surface area (TPSA) is 38.0 Å². The van der Waals surface area contributed by atoms with Gasteiger partial charge in [-0.2, -0.15) is 13.2 Å². The molecule has 0 unspecified atom stereocenters. The van der Waals surface area contributed by atoms with Crippen LogP contribution >= 0.6 is 12.2 Å². The first-order valence-corrected chi connectivity index (χ1v) is 3.10. The number of thiocarbonyl (C=S) groups is 1. The van der Waals surface area contributed by atoms with E-state index < -0.39 is 12.6 Å². The molecule has 0 aliphatic rings. The number of hydrogen-bond donors (Lipinski definition) is 2. The zero-order chi connectivity index (χ0) is 8.91. The van der Waals surface area contributed by atoms with Crippen LogP contribution in [0.4, 0.5) is 13.2 Å². The van der Waals surface area contributed by atoms with Gasteiger partial charge in [0.15, 0.2) is 5.11 Å². The molecule has 6 heteroatoms. The number of nitrogens with one attached hydrogen (secondary N) is 1. The summed E-state index contributed by atoms with van der Waals surface area (Å²) in [6.45, 7) is 0. The van der Waals surface area contributed by atoms with Gasteiger partial charge in [-0.1, -0.05) is 6.08 Å². The maximum Gasteiger partial charge on any atom is 0.392 e. The number of halogens is 3. The maximum atomic E-state index is 11.4. The molecule has 64 valence electrons. The molecule has 0 spiro atoms. The highest BCUT2D eigenvalue weighted by Gasteiger charge is 2.24. The van der Waals surface area contributed by atoms with E-state index in [1.54, 1.807) is 0 Å². The van der Waals surface area contributed by atoms with Crippen molar-refractivity contribution in [3.63, 3.8) is 0 Å². The normalized spacial score (nSPS) is 11.9. The zero-order valence-corrected chi connectivity index (χ0v) is 6.30. The second-order valence-electron chi connectivity index (χ2n) is 1.73. The molecule has 0 atom stereocenters. The Morgan fingerprint density at radius 1 is 1.55 bits per heavy atom. The van der Waals surface area contributed by atoms with E-state index >= 15 is 0 Å². The molecule has 0 heterocycles. The highest BCUT2D eigenvalue weighted by atomic mass is 32.1. The standard InChI is InChI=1S/C5H7F3N2S/c6-5(7,8)2-1-3-10-4(9)11/h1,3H,2H2,(H3,9,10,11). The van der Waals surface area contributed by atoms with E-state index in [4.69, 9.17) is 5.73 Å². The molecule has 2 nitrogen and oxygen atoms in total. The van der Waals surface area contributed by atoms with Gasteiger partial charge in [0.1, 0.15) is 0 Å².